The van der Waals surface area contributed by atoms with Crippen molar-refractivity contribution in [3.05, 3.63) is 29.8 Å². The van der Waals surface area contributed by atoms with Crippen molar-refractivity contribution in [1.82, 2.24) is 9.80 Å². The summed E-state index contributed by atoms with van der Waals surface area (Å²) in [4.78, 5) is 29.4. The van der Waals surface area contributed by atoms with Crippen LogP contribution in [0.4, 0.5) is 0 Å². The number of fused-ring (bicyclic) bond motifs is 2. The van der Waals surface area contributed by atoms with Crippen molar-refractivity contribution < 1.29 is 19.8 Å². The number of amides is 1. The Labute approximate surface area is 210 Å². The van der Waals surface area contributed by atoms with Crippen LogP contribution in [0.15, 0.2) is 24.3 Å². The third-order valence-electron chi connectivity index (χ3n) is 8.67. The molecule has 194 valence electrons. The summed E-state index contributed by atoms with van der Waals surface area (Å²) in [6, 6.07) is 8.82. The molecule has 1 aromatic rings. The summed E-state index contributed by atoms with van der Waals surface area (Å²) in [5.74, 6) is 0.688. The summed E-state index contributed by atoms with van der Waals surface area (Å²) in [5.41, 5.74) is 0.711. The first kappa shape index (κ1) is 26.0. The third-order valence-corrected chi connectivity index (χ3v) is 8.67. The number of benzene rings is 1. The van der Waals surface area contributed by atoms with Gasteiger partial charge in [-0.1, -0.05) is 45.2 Å². The van der Waals surface area contributed by atoms with Crippen LogP contribution >= 0.6 is 0 Å². The van der Waals surface area contributed by atoms with Gasteiger partial charge in [0.25, 0.3) is 0 Å². The lowest BCUT2D eigenvalue weighted by Crippen LogP contribution is -2.48. The highest BCUT2D eigenvalue weighted by atomic mass is 16.4. The normalized spacial score (nSPS) is 25.5. The fourth-order valence-corrected chi connectivity index (χ4v) is 6.92. The minimum absolute atomic E-state index is 0.0166. The second-order valence-electron chi connectivity index (χ2n) is 12.1. The fraction of sp³-hybridized carbons (Fsp3) is 0.724. The number of phenolic OH excluding ortho intramolecular Hbond substituents is 1. The van der Waals surface area contributed by atoms with Crippen LogP contribution in [-0.2, 0) is 9.59 Å². The molecule has 6 heteroatoms. The minimum Gasteiger partial charge on any atom is -0.508 e. The van der Waals surface area contributed by atoms with Gasteiger partial charge in [-0.05, 0) is 73.5 Å². The monoisotopic (exact) mass is 484 g/mol. The summed E-state index contributed by atoms with van der Waals surface area (Å²) in [5, 5.41) is 19.2. The Bertz CT molecular complexity index is 865. The molecule has 2 N–H and O–H groups in total. The van der Waals surface area contributed by atoms with Crippen molar-refractivity contribution in [1.29, 1.82) is 0 Å². The number of carbonyl (C=O) groups excluding carboxylic acids is 1. The Morgan fingerprint density at radius 1 is 1.03 bits per heavy atom. The van der Waals surface area contributed by atoms with Gasteiger partial charge in [-0.25, -0.2) is 0 Å². The first-order valence-corrected chi connectivity index (χ1v) is 13.7. The zero-order valence-electron chi connectivity index (χ0n) is 21.6. The van der Waals surface area contributed by atoms with E-state index in [2.05, 4.69) is 15.9 Å². The summed E-state index contributed by atoms with van der Waals surface area (Å²) < 4.78 is 0. The first-order chi connectivity index (χ1) is 16.7. The summed E-state index contributed by atoms with van der Waals surface area (Å²) in [6.07, 6.45) is 11.2. The van der Waals surface area contributed by atoms with Crippen LogP contribution in [0.5, 0.6) is 5.75 Å². The topological polar surface area (TPSA) is 81.1 Å². The smallest absolute Gasteiger partial charge is 0.303 e. The molecule has 3 fully saturated rings. The van der Waals surface area contributed by atoms with Gasteiger partial charge in [-0.15, -0.1) is 0 Å². The molecular weight excluding hydrogens is 440 g/mol. The highest BCUT2D eigenvalue weighted by Gasteiger charge is 2.41. The van der Waals surface area contributed by atoms with Crippen molar-refractivity contribution in [2.75, 3.05) is 19.6 Å². The minimum atomic E-state index is -0.840. The molecule has 2 bridgehead atoms. The Morgan fingerprint density at radius 2 is 1.71 bits per heavy atom. The Kier molecular flexibility index (Phi) is 8.41. The maximum absolute atomic E-state index is 13.4. The van der Waals surface area contributed by atoms with Crippen LogP contribution in [0.2, 0.25) is 0 Å². The lowest BCUT2D eigenvalue weighted by molar-refractivity contribution is -0.141. The van der Waals surface area contributed by atoms with Gasteiger partial charge in [-0.2, -0.15) is 0 Å². The predicted octanol–water partition coefficient (Wildman–Crippen LogP) is 5.40. The van der Waals surface area contributed by atoms with E-state index in [1.807, 2.05) is 26.0 Å². The lowest BCUT2D eigenvalue weighted by Gasteiger charge is -2.41. The van der Waals surface area contributed by atoms with E-state index in [9.17, 15) is 19.8 Å². The van der Waals surface area contributed by atoms with Crippen LogP contribution in [0, 0.1) is 11.3 Å². The van der Waals surface area contributed by atoms with Crippen LogP contribution in [0.25, 0.3) is 0 Å². The largest absolute Gasteiger partial charge is 0.508 e. The van der Waals surface area contributed by atoms with E-state index in [0.29, 0.717) is 36.1 Å². The van der Waals surface area contributed by atoms with Crippen LogP contribution in [0.1, 0.15) is 96.0 Å². The molecule has 6 nitrogen and oxygen atoms in total. The second kappa shape index (κ2) is 11.3. The molecule has 1 aromatic carbocycles. The van der Waals surface area contributed by atoms with Gasteiger partial charge < -0.3 is 15.1 Å². The number of aromatic hydroxyl groups is 1. The summed E-state index contributed by atoms with van der Waals surface area (Å²) >= 11 is 0. The van der Waals surface area contributed by atoms with Crippen molar-refractivity contribution in [2.24, 2.45) is 11.3 Å². The fourth-order valence-electron chi connectivity index (χ4n) is 6.92. The van der Waals surface area contributed by atoms with E-state index in [1.54, 1.807) is 6.07 Å². The van der Waals surface area contributed by atoms with Crippen LogP contribution in [-0.4, -0.2) is 63.6 Å². The molecule has 0 spiro atoms. The highest BCUT2D eigenvalue weighted by molar-refractivity contribution is 5.78. The van der Waals surface area contributed by atoms with E-state index in [0.717, 1.165) is 32.5 Å². The molecule has 1 saturated carbocycles. The average Bonchev–Trinajstić information content (AvgIpc) is 3.02. The van der Waals surface area contributed by atoms with Gasteiger partial charge in [0, 0.05) is 38.1 Å². The van der Waals surface area contributed by atoms with Crippen LogP contribution < -0.4 is 0 Å². The molecule has 1 aliphatic carbocycles. The number of piperidine rings is 1. The van der Waals surface area contributed by atoms with Gasteiger partial charge >= 0.3 is 5.97 Å². The van der Waals surface area contributed by atoms with Gasteiger partial charge in [0.2, 0.25) is 5.91 Å². The molecule has 0 aromatic heterocycles. The molecule has 3 atom stereocenters. The van der Waals surface area contributed by atoms with Crippen molar-refractivity contribution in [2.45, 2.75) is 102 Å². The van der Waals surface area contributed by atoms with Gasteiger partial charge in [0.1, 0.15) is 5.75 Å². The van der Waals surface area contributed by atoms with Gasteiger partial charge in [-0.3, -0.25) is 14.5 Å². The zero-order chi connectivity index (χ0) is 25.0. The molecule has 2 aliphatic heterocycles. The number of carbonyl (C=O) groups is 2. The van der Waals surface area contributed by atoms with Crippen molar-refractivity contribution in [3.63, 3.8) is 0 Å². The van der Waals surface area contributed by atoms with Crippen molar-refractivity contribution in [3.8, 4) is 5.75 Å². The van der Waals surface area contributed by atoms with E-state index >= 15 is 0 Å². The molecule has 0 radical (unpaired) electrons. The maximum atomic E-state index is 13.4. The number of carboxylic acid groups (broad SMARTS) is 1. The average molecular weight is 485 g/mol. The third kappa shape index (κ3) is 6.99. The zero-order valence-corrected chi connectivity index (χ0v) is 21.6. The number of hydrogen-bond acceptors (Lipinski definition) is 4. The molecule has 4 rings (SSSR count). The van der Waals surface area contributed by atoms with Gasteiger partial charge in [0.05, 0.1) is 6.42 Å². The Balaban J connectivity index is 1.38. The second-order valence-corrected chi connectivity index (χ2v) is 12.1. The molecular formula is C29H44N2O4. The van der Waals surface area contributed by atoms with Gasteiger partial charge in [0.15, 0.2) is 0 Å². The van der Waals surface area contributed by atoms with E-state index in [1.165, 1.54) is 50.5 Å². The predicted molar refractivity (Wildman–Crippen MR) is 137 cm³/mol. The SMILES string of the molecule is CC(C)(CC(=O)O)CC(=O)N(CCN1[C@@H]2CC[C@H]1C[C@@H](c1cccc(O)c1)C2)CC1CCCCC1. The molecule has 35 heavy (non-hydrogen) atoms. The van der Waals surface area contributed by atoms with Crippen LogP contribution in [0.3, 0.4) is 0 Å². The van der Waals surface area contributed by atoms with E-state index < -0.39 is 11.4 Å². The number of hydrogen-bond donors (Lipinski definition) is 2. The Hall–Kier alpha value is -2.08. The molecule has 3 aliphatic rings. The highest BCUT2D eigenvalue weighted by Crippen LogP contribution is 2.43. The summed E-state index contributed by atoms with van der Waals surface area (Å²) in [6.45, 7) is 6.24. The Morgan fingerprint density at radius 3 is 2.34 bits per heavy atom. The molecule has 2 heterocycles. The number of nitrogens with zero attached hydrogens (tertiary/aromatic N) is 2. The van der Waals surface area contributed by atoms with E-state index in [-0.39, 0.29) is 12.3 Å². The number of rotatable bonds is 10. The summed E-state index contributed by atoms with van der Waals surface area (Å²) in [7, 11) is 0. The first-order valence-electron chi connectivity index (χ1n) is 13.7. The maximum Gasteiger partial charge on any atom is 0.303 e. The standard InChI is InChI=1S/C29H44N2O4/c1-29(2,19-28(34)35)18-27(33)30(20-21-7-4-3-5-8-21)13-14-31-24-11-12-25(31)16-23(15-24)22-9-6-10-26(32)17-22/h6,9-10,17,21,23-25,32H,3-5,7-8,11-16,18-20H2,1-2H3,(H,34,35)/t23-,24+,25-. The van der Waals surface area contributed by atoms with E-state index in [4.69, 9.17) is 0 Å². The number of carboxylic acids is 1. The number of phenols is 1. The lowest BCUT2D eigenvalue weighted by atomic mass is 9.84. The molecule has 2 saturated heterocycles. The molecule has 0 unspecified atom stereocenters. The number of aliphatic carboxylic acids is 1. The van der Waals surface area contributed by atoms with Crippen molar-refractivity contribution >= 4 is 11.9 Å². The molecule has 1 amide bonds. The quantitative estimate of drug-likeness (QED) is 0.465.